The van der Waals surface area contributed by atoms with Gasteiger partial charge in [-0.05, 0) is 95.6 Å². The molecule has 0 unspecified atom stereocenters. The lowest BCUT2D eigenvalue weighted by Gasteiger charge is -2.17. The molecule has 8 rings (SSSR count). The maximum absolute atomic E-state index is 13.3. The maximum atomic E-state index is 13.3. The number of nitrogens with one attached hydrogen (secondary N) is 2. The summed E-state index contributed by atoms with van der Waals surface area (Å²) in [5.74, 6) is -1.39. The van der Waals surface area contributed by atoms with Gasteiger partial charge in [0.2, 0.25) is 11.9 Å². The number of aromatic hydroxyl groups is 2. The van der Waals surface area contributed by atoms with E-state index >= 15 is 0 Å². The molecule has 0 aliphatic rings. The topological polar surface area (TPSA) is 339 Å². The molecule has 23 nitrogen and oxygen atoms in total. The molecule has 73 heavy (non-hydrogen) atoms. The normalized spacial score (nSPS) is 12.0. The highest BCUT2D eigenvalue weighted by Gasteiger charge is 2.28. The molecule has 0 atom stereocenters. The second-order valence-corrected chi connectivity index (χ2v) is 19.5. The first kappa shape index (κ1) is 51.8. The van der Waals surface area contributed by atoms with E-state index in [1.54, 1.807) is 67.6 Å². The van der Waals surface area contributed by atoms with Crippen LogP contribution in [0.15, 0.2) is 167 Å². The monoisotopic (exact) mass is 1070 g/mol. The van der Waals surface area contributed by atoms with Crippen LogP contribution in [0.25, 0.3) is 33.0 Å². The molecule has 8 aromatic rings. The predicted octanol–water partition coefficient (Wildman–Crippen LogP) is 12.3. The fourth-order valence-electron chi connectivity index (χ4n) is 7.17. The summed E-state index contributed by atoms with van der Waals surface area (Å²) in [6, 6.07) is 33.1. The lowest BCUT2D eigenvalue weighted by atomic mass is 10.0. The summed E-state index contributed by atoms with van der Waals surface area (Å²) in [5.41, 5.74) is 2.95. The molecule has 0 saturated carbocycles. The van der Waals surface area contributed by atoms with E-state index in [1.807, 2.05) is 31.2 Å². The lowest BCUT2D eigenvalue weighted by Crippen LogP contribution is -2.06. The van der Waals surface area contributed by atoms with E-state index in [-0.39, 0.29) is 61.1 Å². The van der Waals surface area contributed by atoms with E-state index < -0.39 is 64.8 Å². The average molecular weight is 1070 g/mol. The van der Waals surface area contributed by atoms with Gasteiger partial charge in [0.1, 0.15) is 21.2 Å². The van der Waals surface area contributed by atoms with Crippen LogP contribution < -0.4 is 10.6 Å². The van der Waals surface area contributed by atoms with Crippen LogP contribution in [0.5, 0.6) is 11.8 Å². The zero-order valence-corrected chi connectivity index (χ0v) is 40.8. The fraction of sp³-hybridized carbons (Fsp3) is 0.0652. The fourth-order valence-corrected chi connectivity index (χ4v) is 9.63. The van der Waals surface area contributed by atoms with Gasteiger partial charge in [-0.25, -0.2) is 10.5 Å². The minimum Gasteiger partial charge on any atom is -0.505 e. The first-order chi connectivity index (χ1) is 35.0. The molecule has 374 valence electrons. The molecule has 1 heterocycles. The Balaban J connectivity index is 1.31. The van der Waals surface area contributed by atoms with Gasteiger partial charge in [0.05, 0.1) is 51.4 Å². The molecule has 0 amide bonds. The summed E-state index contributed by atoms with van der Waals surface area (Å²) >= 11 is 0.724. The van der Waals surface area contributed by atoms with Gasteiger partial charge in [-0.15, -0.1) is 18.9 Å². The van der Waals surface area contributed by atoms with E-state index in [0.29, 0.717) is 29.7 Å². The van der Waals surface area contributed by atoms with Crippen LogP contribution in [0, 0.1) is 6.92 Å². The van der Waals surface area contributed by atoms with Crippen molar-refractivity contribution in [3.8, 4) is 34.0 Å². The number of phenols is 1. The predicted molar refractivity (Wildman–Crippen MR) is 267 cm³/mol. The molecule has 8 N–H and O–H groups in total. The van der Waals surface area contributed by atoms with E-state index in [4.69, 9.17) is 19.2 Å². The Bertz CT molecular complexity index is 3640. The Morgan fingerprint density at radius 3 is 1.84 bits per heavy atom. The Morgan fingerprint density at radius 2 is 1.19 bits per heavy atom. The molecule has 7 aromatic carbocycles. The number of nitrogens with zero attached hydrogens (tertiary/aromatic N) is 7. The molecular formula is C46H37N9O14S4. The van der Waals surface area contributed by atoms with Gasteiger partial charge in [0.25, 0.3) is 20.2 Å². The molecule has 0 fully saturated rings. The third kappa shape index (κ3) is 12.4. The van der Waals surface area contributed by atoms with Crippen molar-refractivity contribution in [1.29, 1.82) is 0 Å². The lowest BCUT2D eigenvalue weighted by molar-refractivity contribution is -0.432. The van der Waals surface area contributed by atoms with Crippen molar-refractivity contribution >= 4 is 101 Å². The molecule has 0 bridgehead atoms. The highest BCUT2D eigenvalue weighted by molar-refractivity contribution is 7.95. The Morgan fingerprint density at radius 1 is 0.603 bits per heavy atom. The van der Waals surface area contributed by atoms with Crippen molar-refractivity contribution in [3.63, 3.8) is 0 Å². The number of rotatable bonds is 19. The minimum atomic E-state index is -5.21. The number of aromatic nitrogens is 3. The van der Waals surface area contributed by atoms with Gasteiger partial charge in [0.15, 0.2) is 5.75 Å². The molecule has 1 aromatic heterocycles. The minimum absolute atomic E-state index is 0.00297. The van der Waals surface area contributed by atoms with Crippen molar-refractivity contribution in [2.45, 2.75) is 39.9 Å². The maximum Gasteiger partial charge on any atom is 0.320 e. The van der Waals surface area contributed by atoms with Gasteiger partial charge in [-0.1, -0.05) is 95.4 Å². The Hall–Kier alpha value is -7.51. The largest absolute Gasteiger partial charge is 0.505 e. The Kier molecular flexibility index (Phi) is 16.0. The summed E-state index contributed by atoms with van der Waals surface area (Å²) < 4.78 is 82.0. The number of azo groups is 2. The second kappa shape index (κ2) is 22.5. The summed E-state index contributed by atoms with van der Waals surface area (Å²) in [5, 5.41) is 71.2. The number of aryl methyl sites for hydroxylation is 2. The third-order valence-corrected chi connectivity index (χ3v) is 13.6. The number of phenolic OH excluding ortho intramolecular Hbond substituents is 1. The zero-order valence-electron chi connectivity index (χ0n) is 37.5. The van der Waals surface area contributed by atoms with Gasteiger partial charge in [0, 0.05) is 16.1 Å². The smallest absolute Gasteiger partial charge is 0.320 e. The molecule has 0 saturated heterocycles. The number of hydrogen-bond acceptors (Lipinski definition) is 23. The zero-order chi connectivity index (χ0) is 51.9. The van der Waals surface area contributed by atoms with E-state index in [1.165, 1.54) is 36.4 Å². The standard InChI is InChI=1S/C46H37N9O14S4/c1-3-26-11-19-34(37(21-26)72(60,61)62)33-20-18-32(24-35(33)70-68-66-58)53-54-40-36(71-69-67-59)22-29-23-38(73(63,64)65)41(55-52-31-16-14-28(15-17-31)27-12-9-25(2)10-13-27)42(39(29)43(40)56)48-45-49-44(50-46(57)51-45)47-30-7-5-4-6-8-30/h4-24,56,58-59H,3H2,1-2H3,(H,60,61,62)(H,63,64,65)(H3,47,48,49,50,51,57)/b54-53+,55-52+. The molecule has 0 aliphatic heterocycles. The number of para-hydroxylation sites is 1. The molecule has 0 radical (unpaired) electrons. The number of hydrogen-bond donors (Lipinski definition) is 8. The summed E-state index contributed by atoms with van der Waals surface area (Å²) in [7, 11) is -9.98. The van der Waals surface area contributed by atoms with E-state index in [0.717, 1.165) is 22.8 Å². The number of anilines is 4. The second-order valence-electron chi connectivity index (χ2n) is 15.2. The number of fused-ring (bicyclic) bond motifs is 1. The van der Waals surface area contributed by atoms with Crippen molar-refractivity contribution in [2.75, 3.05) is 10.6 Å². The summed E-state index contributed by atoms with van der Waals surface area (Å²) in [6.07, 6.45) is 0.450. The van der Waals surface area contributed by atoms with Crippen LogP contribution in [0.4, 0.5) is 46.0 Å². The summed E-state index contributed by atoms with van der Waals surface area (Å²) in [4.78, 5) is 10.9. The van der Waals surface area contributed by atoms with Gasteiger partial charge in [-0.3, -0.25) is 9.11 Å². The first-order valence-corrected chi connectivity index (χ1v) is 25.3. The molecule has 27 heteroatoms. The van der Waals surface area contributed by atoms with Gasteiger partial charge >= 0.3 is 6.01 Å². The van der Waals surface area contributed by atoms with Gasteiger partial charge < -0.3 is 20.8 Å². The molecule has 0 aliphatic carbocycles. The van der Waals surface area contributed by atoms with E-state index in [9.17, 15) is 36.2 Å². The summed E-state index contributed by atoms with van der Waals surface area (Å²) in [6.45, 7) is 3.76. The number of benzene rings is 7. The average Bonchev–Trinajstić information content (AvgIpc) is 3.36. The molecule has 0 spiro atoms. The highest BCUT2D eigenvalue weighted by atomic mass is 32.2. The van der Waals surface area contributed by atoms with Crippen LogP contribution in [0.1, 0.15) is 18.1 Å². The van der Waals surface area contributed by atoms with Crippen LogP contribution in [-0.2, 0) is 45.4 Å². The highest BCUT2D eigenvalue weighted by Crippen LogP contribution is 2.51. The Labute approximate surface area is 422 Å². The quantitative estimate of drug-likeness (QED) is 0.0123. The molecular weight excluding hydrogens is 1030 g/mol. The van der Waals surface area contributed by atoms with Crippen LogP contribution in [-0.4, -0.2) is 61.6 Å². The van der Waals surface area contributed by atoms with Crippen molar-refractivity contribution in [2.24, 2.45) is 20.5 Å². The van der Waals surface area contributed by atoms with Crippen LogP contribution in [0.3, 0.4) is 0 Å². The van der Waals surface area contributed by atoms with E-state index in [2.05, 4.69) is 56.1 Å². The SMILES string of the molecule is CCc1ccc(-c2ccc(/N=N/c3c(SOOO)cc4cc(S(=O)(=O)O)c(/N=N/c5ccc(-c6ccc(C)cc6)cc5)c(Nc5nc(O)nc(Nc6ccccc6)n5)c4c3O)cc2SOOO)c(S(=O)(=O)O)c1. The van der Waals surface area contributed by atoms with Crippen LogP contribution in [0.2, 0.25) is 0 Å². The van der Waals surface area contributed by atoms with Crippen LogP contribution >= 0.6 is 24.1 Å². The first-order valence-electron chi connectivity index (χ1n) is 21.0. The van der Waals surface area contributed by atoms with Crippen molar-refractivity contribution in [3.05, 3.63) is 139 Å². The van der Waals surface area contributed by atoms with Crippen molar-refractivity contribution in [1.82, 2.24) is 15.0 Å². The van der Waals surface area contributed by atoms with Gasteiger partial charge in [-0.2, -0.15) is 42.0 Å². The third-order valence-electron chi connectivity index (χ3n) is 10.5. The van der Waals surface area contributed by atoms with Crippen molar-refractivity contribution < 1.29 is 65.4 Å².